The van der Waals surface area contributed by atoms with Gasteiger partial charge < -0.3 is 24.8 Å². The maximum atomic E-state index is 12.9. The van der Waals surface area contributed by atoms with E-state index in [1.54, 1.807) is 23.1 Å². The average Bonchev–Trinajstić information content (AvgIpc) is 2.60. The number of ether oxygens (including phenoxy) is 2. The Bertz CT molecular complexity index is 648. The minimum absolute atomic E-state index is 0.0141. The predicted molar refractivity (Wildman–Crippen MR) is 86.2 cm³/mol. The number of nitrogens with zero attached hydrogens (tertiary/aromatic N) is 1. The third-order valence-corrected chi connectivity index (χ3v) is 4.41. The molecule has 0 saturated carbocycles. The zero-order chi connectivity index (χ0) is 17.2. The van der Waals surface area contributed by atoms with Gasteiger partial charge in [0.25, 0.3) is 5.91 Å². The summed E-state index contributed by atoms with van der Waals surface area (Å²) in [4.78, 5) is 26.1. The Balaban J connectivity index is 1.79. The van der Waals surface area contributed by atoms with Crippen molar-refractivity contribution in [3.63, 3.8) is 0 Å². The zero-order valence-electron chi connectivity index (χ0n) is 13.7. The highest BCUT2D eigenvalue weighted by Gasteiger charge is 2.38. The molecule has 24 heavy (non-hydrogen) atoms. The number of carbonyl (C=O) groups excluding carboxylic acids is 2. The molecule has 7 heteroatoms. The molecule has 2 aliphatic rings. The monoisotopic (exact) mass is 334 g/mol. The summed E-state index contributed by atoms with van der Waals surface area (Å²) in [5, 5.41) is 13.2. The Morgan fingerprint density at radius 1 is 1.33 bits per heavy atom. The number of rotatable bonds is 3. The summed E-state index contributed by atoms with van der Waals surface area (Å²) in [5.74, 6) is 0.562. The van der Waals surface area contributed by atoms with Crippen LogP contribution in [0.2, 0.25) is 0 Å². The number of hydrogen-bond donors (Lipinski definition) is 2. The van der Waals surface area contributed by atoms with Crippen molar-refractivity contribution in [2.75, 3.05) is 33.4 Å². The molecule has 0 radical (unpaired) electrons. The Hall–Kier alpha value is -2.28. The van der Waals surface area contributed by atoms with E-state index < -0.39 is 5.60 Å². The van der Waals surface area contributed by atoms with Crippen molar-refractivity contribution in [1.82, 2.24) is 10.2 Å². The molecule has 0 bridgehead atoms. The van der Waals surface area contributed by atoms with Crippen LogP contribution in [0.15, 0.2) is 18.2 Å². The van der Waals surface area contributed by atoms with Crippen LogP contribution in [0.3, 0.4) is 0 Å². The highest BCUT2D eigenvalue weighted by atomic mass is 16.6. The SMILES string of the molecule is CNC(=O)CC1(O)CCCN(C(=O)c2cccc3c2OCCO3)C1. The van der Waals surface area contributed by atoms with Crippen LogP contribution in [-0.4, -0.2) is 60.8 Å². The number of aliphatic hydroxyl groups is 1. The normalized spacial score (nSPS) is 22.8. The summed E-state index contributed by atoms with van der Waals surface area (Å²) in [7, 11) is 1.53. The number of nitrogens with one attached hydrogen (secondary N) is 1. The van der Waals surface area contributed by atoms with E-state index in [9.17, 15) is 14.7 Å². The van der Waals surface area contributed by atoms with Crippen molar-refractivity contribution < 1.29 is 24.2 Å². The number of para-hydroxylation sites is 1. The van der Waals surface area contributed by atoms with Crippen LogP contribution in [0.5, 0.6) is 11.5 Å². The van der Waals surface area contributed by atoms with Gasteiger partial charge in [0.2, 0.25) is 5.91 Å². The van der Waals surface area contributed by atoms with E-state index in [-0.39, 0.29) is 24.8 Å². The lowest BCUT2D eigenvalue weighted by molar-refractivity contribution is -0.127. The second-order valence-corrected chi connectivity index (χ2v) is 6.23. The Morgan fingerprint density at radius 3 is 2.92 bits per heavy atom. The summed E-state index contributed by atoms with van der Waals surface area (Å²) in [5.41, 5.74) is -0.767. The van der Waals surface area contributed by atoms with Crippen molar-refractivity contribution in [3.05, 3.63) is 23.8 Å². The van der Waals surface area contributed by atoms with Crippen molar-refractivity contribution in [2.24, 2.45) is 0 Å². The first-order valence-corrected chi connectivity index (χ1v) is 8.13. The van der Waals surface area contributed by atoms with E-state index in [4.69, 9.17) is 9.47 Å². The molecule has 2 aliphatic heterocycles. The average molecular weight is 334 g/mol. The number of β-amino-alcohol motifs (C(OH)–C–C–N with tert-alkyl or cyclic N) is 1. The molecule has 1 fully saturated rings. The number of benzene rings is 1. The predicted octanol–water partition coefficient (Wildman–Crippen LogP) is 0.561. The topological polar surface area (TPSA) is 88.1 Å². The highest BCUT2D eigenvalue weighted by molar-refractivity contribution is 5.98. The summed E-state index contributed by atoms with van der Waals surface area (Å²) in [6.07, 6.45) is 1.13. The molecule has 1 atom stereocenters. The van der Waals surface area contributed by atoms with Crippen LogP contribution in [0, 0.1) is 0 Å². The molecule has 1 saturated heterocycles. The summed E-state index contributed by atoms with van der Waals surface area (Å²) in [6, 6.07) is 5.22. The molecular formula is C17H22N2O5. The van der Waals surface area contributed by atoms with Gasteiger partial charge in [-0.05, 0) is 25.0 Å². The number of piperidine rings is 1. The van der Waals surface area contributed by atoms with Crippen molar-refractivity contribution in [2.45, 2.75) is 24.9 Å². The zero-order valence-corrected chi connectivity index (χ0v) is 13.7. The quantitative estimate of drug-likeness (QED) is 0.843. The first kappa shape index (κ1) is 16.6. The lowest BCUT2D eigenvalue weighted by Gasteiger charge is -2.39. The smallest absolute Gasteiger partial charge is 0.257 e. The number of likely N-dealkylation sites (tertiary alicyclic amines) is 1. The molecule has 0 spiro atoms. The Labute approximate surface area is 140 Å². The van der Waals surface area contributed by atoms with Crippen molar-refractivity contribution in [1.29, 1.82) is 0 Å². The Morgan fingerprint density at radius 2 is 2.12 bits per heavy atom. The number of carbonyl (C=O) groups is 2. The molecule has 2 N–H and O–H groups in total. The third-order valence-electron chi connectivity index (χ3n) is 4.41. The van der Waals surface area contributed by atoms with Crippen LogP contribution in [0.4, 0.5) is 0 Å². The van der Waals surface area contributed by atoms with E-state index in [0.29, 0.717) is 49.7 Å². The van der Waals surface area contributed by atoms with Gasteiger partial charge in [-0.25, -0.2) is 0 Å². The molecule has 2 heterocycles. The van der Waals surface area contributed by atoms with E-state index in [0.717, 1.165) is 0 Å². The van der Waals surface area contributed by atoms with Gasteiger partial charge in [0.15, 0.2) is 11.5 Å². The number of fused-ring (bicyclic) bond motifs is 1. The fourth-order valence-corrected chi connectivity index (χ4v) is 3.23. The van der Waals surface area contributed by atoms with Crippen molar-refractivity contribution >= 4 is 11.8 Å². The second kappa shape index (κ2) is 6.68. The third kappa shape index (κ3) is 3.31. The first-order valence-electron chi connectivity index (χ1n) is 8.13. The van der Waals surface area contributed by atoms with Gasteiger partial charge in [-0.3, -0.25) is 9.59 Å². The van der Waals surface area contributed by atoms with E-state index >= 15 is 0 Å². The molecular weight excluding hydrogens is 312 g/mol. The van der Waals surface area contributed by atoms with Crippen LogP contribution in [-0.2, 0) is 4.79 Å². The maximum absolute atomic E-state index is 12.9. The summed E-state index contributed by atoms with van der Waals surface area (Å²) in [6.45, 7) is 1.53. The van der Waals surface area contributed by atoms with Gasteiger partial charge in [-0.1, -0.05) is 6.07 Å². The van der Waals surface area contributed by atoms with E-state index in [2.05, 4.69) is 5.32 Å². The van der Waals surface area contributed by atoms with Gasteiger partial charge in [-0.2, -0.15) is 0 Å². The van der Waals surface area contributed by atoms with Gasteiger partial charge in [0.05, 0.1) is 24.1 Å². The van der Waals surface area contributed by atoms with Crippen LogP contribution in [0.25, 0.3) is 0 Å². The molecule has 0 aliphatic carbocycles. The minimum atomic E-state index is -1.19. The van der Waals surface area contributed by atoms with Gasteiger partial charge in [0.1, 0.15) is 13.2 Å². The second-order valence-electron chi connectivity index (χ2n) is 6.23. The van der Waals surface area contributed by atoms with Crippen molar-refractivity contribution in [3.8, 4) is 11.5 Å². The fraction of sp³-hybridized carbons (Fsp3) is 0.529. The molecule has 2 amide bonds. The fourth-order valence-electron chi connectivity index (χ4n) is 3.23. The number of hydrogen-bond acceptors (Lipinski definition) is 5. The highest BCUT2D eigenvalue weighted by Crippen LogP contribution is 2.35. The number of amides is 2. The van der Waals surface area contributed by atoms with Gasteiger partial charge in [-0.15, -0.1) is 0 Å². The maximum Gasteiger partial charge on any atom is 0.257 e. The van der Waals surface area contributed by atoms with Crippen LogP contribution in [0.1, 0.15) is 29.6 Å². The summed E-state index contributed by atoms with van der Waals surface area (Å²) >= 11 is 0. The first-order chi connectivity index (χ1) is 11.5. The largest absolute Gasteiger partial charge is 0.486 e. The molecule has 7 nitrogen and oxygen atoms in total. The van der Waals surface area contributed by atoms with Crippen LogP contribution >= 0.6 is 0 Å². The molecule has 1 aromatic carbocycles. The van der Waals surface area contributed by atoms with Crippen LogP contribution < -0.4 is 14.8 Å². The van der Waals surface area contributed by atoms with E-state index in [1.165, 1.54) is 7.05 Å². The Kier molecular flexibility index (Phi) is 4.62. The molecule has 1 aromatic rings. The van der Waals surface area contributed by atoms with Gasteiger partial charge >= 0.3 is 0 Å². The molecule has 1 unspecified atom stereocenters. The summed E-state index contributed by atoms with van der Waals surface area (Å²) < 4.78 is 11.1. The molecule has 0 aromatic heterocycles. The molecule has 3 rings (SSSR count). The van der Waals surface area contributed by atoms with Gasteiger partial charge in [0, 0.05) is 13.6 Å². The standard InChI is InChI=1S/C17H22N2O5/c1-18-14(20)10-17(22)6-3-7-19(11-17)16(21)12-4-2-5-13-15(12)24-9-8-23-13/h2,4-5,22H,3,6-11H2,1H3,(H,18,20). The lowest BCUT2D eigenvalue weighted by atomic mass is 9.89. The molecule has 130 valence electrons. The lowest BCUT2D eigenvalue weighted by Crippen LogP contribution is -2.52. The minimum Gasteiger partial charge on any atom is -0.486 e. The van der Waals surface area contributed by atoms with E-state index in [1.807, 2.05) is 0 Å².